The number of methoxy groups -OCH3 is 1. The standard InChI is InChI=1S/C19H20ClNO4/c1-21(12-14-11-15(20)8-9-17(14)25-2)18(22)10-7-13-5-3-4-6-16(13)19(23)24/h3-6,8-9,11H,7,10,12H2,1-2H3,(H,23,24). The molecule has 0 bridgehead atoms. The van der Waals surface area contributed by atoms with Crippen LogP contribution in [-0.4, -0.2) is 36.0 Å². The van der Waals surface area contributed by atoms with E-state index < -0.39 is 5.97 Å². The number of carbonyl (C=O) groups is 2. The van der Waals surface area contributed by atoms with Crippen LogP contribution >= 0.6 is 11.6 Å². The predicted octanol–water partition coefficient (Wildman–Crippen LogP) is 3.64. The molecule has 0 atom stereocenters. The molecule has 0 unspecified atom stereocenters. The molecule has 0 saturated heterocycles. The summed E-state index contributed by atoms with van der Waals surface area (Å²) in [5, 5.41) is 9.77. The largest absolute Gasteiger partial charge is 0.496 e. The second-order valence-electron chi connectivity index (χ2n) is 5.67. The second-order valence-corrected chi connectivity index (χ2v) is 6.10. The molecular formula is C19H20ClNO4. The van der Waals surface area contributed by atoms with Gasteiger partial charge in [0.05, 0.1) is 12.7 Å². The smallest absolute Gasteiger partial charge is 0.335 e. The number of nitrogens with zero attached hydrogens (tertiary/aromatic N) is 1. The van der Waals surface area contributed by atoms with Crippen LogP contribution in [0, 0.1) is 0 Å². The highest BCUT2D eigenvalue weighted by atomic mass is 35.5. The number of carbonyl (C=O) groups excluding carboxylic acids is 1. The van der Waals surface area contributed by atoms with Crippen LogP contribution in [0.3, 0.4) is 0 Å². The summed E-state index contributed by atoms with van der Waals surface area (Å²) in [5.41, 5.74) is 1.70. The highest BCUT2D eigenvalue weighted by Gasteiger charge is 2.15. The lowest BCUT2D eigenvalue weighted by atomic mass is 10.0. The van der Waals surface area contributed by atoms with Gasteiger partial charge in [-0.15, -0.1) is 0 Å². The van der Waals surface area contributed by atoms with Gasteiger partial charge in [0.15, 0.2) is 0 Å². The van der Waals surface area contributed by atoms with Crippen molar-refractivity contribution in [1.29, 1.82) is 0 Å². The summed E-state index contributed by atoms with van der Waals surface area (Å²) in [6.45, 7) is 0.364. The van der Waals surface area contributed by atoms with Crippen LogP contribution in [0.15, 0.2) is 42.5 Å². The highest BCUT2D eigenvalue weighted by molar-refractivity contribution is 6.30. The lowest BCUT2D eigenvalue weighted by Crippen LogP contribution is -2.26. The summed E-state index contributed by atoms with van der Waals surface area (Å²) in [5.74, 6) is -0.400. The zero-order valence-electron chi connectivity index (χ0n) is 14.2. The van der Waals surface area contributed by atoms with Crippen molar-refractivity contribution in [2.75, 3.05) is 14.2 Å². The summed E-state index contributed by atoms with van der Waals surface area (Å²) in [4.78, 5) is 25.2. The number of aryl methyl sites for hydroxylation is 1. The number of amides is 1. The van der Waals surface area contributed by atoms with E-state index in [0.717, 1.165) is 5.56 Å². The van der Waals surface area contributed by atoms with Crippen LogP contribution in [0.4, 0.5) is 0 Å². The maximum atomic E-state index is 12.4. The first kappa shape index (κ1) is 18.8. The number of hydrogen-bond donors (Lipinski definition) is 1. The molecule has 0 spiro atoms. The van der Waals surface area contributed by atoms with Crippen molar-refractivity contribution >= 4 is 23.5 Å². The molecule has 0 radical (unpaired) electrons. The molecule has 0 aromatic heterocycles. The number of aromatic carboxylic acids is 1. The zero-order valence-corrected chi connectivity index (χ0v) is 14.9. The van der Waals surface area contributed by atoms with Crippen LogP contribution in [0.2, 0.25) is 5.02 Å². The summed E-state index contributed by atoms with van der Waals surface area (Å²) < 4.78 is 5.29. The monoisotopic (exact) mass is 361 g/mol. The summed E-state index contributed by atoms with van der Waals surface area (Å²) in [6, 6.07) is 12.0. The average Bonchev–Trinajstić information content (AvgIpc) is 2.60. The van der Waals surface area contributed by atoms with E-state index in [0.29, 0.717) is 29.3 Å². The average molecular weight is 362 g/mol. The summed E-state index contributed by atoms with van der Waals surface area (Å²) in [6.07, 6.45) is 0.599. The molecule has 132 valence electrons. The fourth-order valence-corrected chi connectivity index (χ4v) is 2.79. The molecule has 0 aliphatic heterocycles. The fourth-order valence-electron chi connectivity index (χ4n) is 2.59. The molecule has 1 amide bonds. The Balaban J connectivity index is 2.02. The summed E-state index contributed by atoms with van der Waals surface area (Å²) >= 11 is 6.01. The minimum atomic E-state index is -0.986. The zero-order chi connectivity index (χ0) is 18.4. The topological polar surface area (TPSA) is 66.8 Å². The lowest BCUT2D eigenvalue weighted by molar-refractivity contribution is -0.130. The molecule has 1 N–H and O–H groups in total. The van der Waals surface area contributed by atoms with Gasteiger partial charge in [-0.05, 0) is 36.2 Å². The Kier molecular flexibility index (Phi) is 6.42. The third-order valence-corrected chi connectivity index (χ3v) is 4.17. The Morgan fingerprint density at radius 2 is 1.88 bits per heavy atom. The van der Waals surface area contributed by atoms with Gasteiger partial charge in [0.2, 0.25) is 5.91 Å². The number of benzene rings is 2. The van der Waals surface area contributed by atoms with Gasteiger partial charge in [-0.25, -0.2) is 4.79 Å². The Morgan fingerprint density at radius 1 is 1.16 bits per heavy atom. The molecule has 6 heteroatoms. The highest BCUT2D eigenvalue weighted by Crippen LogP contribution is 2.24. The molecule has 2 aromatic carbocycles. The van der Waals surface area contributed by atoms with Crippen molar-refractivity contribution in [2.24, 2.45) is 0 Å². The first-order chi connectivity index (χ1) is 11.9. The van der Waals surface area contributed by atoms with Gasteiger partial charge < -0.3 is 14.7 Å². The number of carboxylic acid groups (broad SMARTS) is 1. The lowest BCUT2D eigenvalue weighted by Gasteiger charge is -2.19. The van der Waals surface area contributed by atoms with Crippen LogP contribution < -0.4 is 4.74 Å². The van der Waals surface area contributed by atoms with E-state index in [1.165, 1.54) is 0 Å². The molecule has 0 fully saturated rings. The maximum absolute atomic E-state index is 12.4. The van der Waals surface area contributed by atoms with Crippen LogP contribution in [-0.2, 0) is 17.8 Å². The van der Waals surface area contributed by atoms with Gasteiger partial charge in [-0.3, -0.25) is 4.79 Å². The quantitative estimate of drug-likeness (QED) is 0.817. The molecule has 0 aliphatic carbocycles. The molecular weight excluding hydrogens is 342 g/mol. The van der Waals surface area contributed by atoms with Gasteiger partial charge in [-0.1, -0.05) is 29.8 Å². The SMILES string of the molecule is COc1ccc(Cl)cc1CN(C)C(=O)CCc1ccccc1C(=O)O. The molecule has 0 saturated carbocycles. The van der Waals surface area contributed by atoms with E-state index >= 15 is 0 Å². The first-order valence-electron chi connectivity index (χ1n) is 7.80. The van der Waals surface area contributed by atoms with Gasteiger partial charge in [0.25, 0.3) is 0 Å². The first-order valence-corrected chi connectivity index (χ1v) is 8.17. The third-order valence-electron chi connectivity index (χ3n) is 3.93. The van der Waals surface area contributed by atoms with E-state index in [4.69, 9.17) is 16.3 Å². The van der Waals surface area contributed by atoms with Crippen molar-refractivity contribution in [3.05, 3.63) is 64.2 Å². The number of ether oxygens (including phenoxy) is 1. The van der Waals surface area contributed by atoms with Crippen molar-refractivity contribution < 1.29 is 19.4 Å². The normalized spacial score (nSPS) is 10.4. The van der Waals surface area contributed by atoms with E-state index in [2.05, 4.69) is 0 Å². The van der Waals surface area contributed by atoms with Crippen molar-refractivity contribution in [2.45, 2.75) is 19.4 Å². The maximum Gasteiger partial charge on any atom is 0.335 e. The molecule has 0 aliphatic rings. The van der Waals surface area contributed by atoms with Crippen molar-refractivity contribution in [3.63, 3.8) is 0 Å². The molecule has 25 heavy (non-hydrogen) atoms. The Bertz CT molecular complexity index is 776. The fraction of sp³-hybridized carbons (Fsp3) is 0.263. The Labute approximate surface area is 151 Å². The minimum absolute atomic E-state index is 0.0813. The summed E-state index contributed by atoms with van der Waals surface area (Å²) in [7, 11) is 3.27. The van der Waals surface area contributed by atoms with E-state index in [9.17, 15) is 14.7 Å². The van der Waals surface area contributed by atoms with Crippen LogP contribution in [0.5, 0.6) is 5.75 Å². The second kappa shape index (κ2) is 8.53. The molecule has 5 nitrogen and oxygen atoms in total. The minimum Gasteiger partial charge on any atom is -0.496 e. The Morgan fingerprint density at radius 3 is 2.56 bits per heavy atom. The number of carboxylic acids is 1. The van der Waals surface area contributed by atoms with E-state index in [-0.39, 0.29) is 17.9 Å². The predicted molar refractivity (Wildman–Crippen MR) is 96.2 cm³/mol. The molecule has 0 heterocycles. The van der Waals surface area contributed by atoms with Crippen LogP contribution in [0.1, 0.15) is 27.9 Å². The van der Waals surface area contributed by atoms with Gasteiger partial charge in [0, 0.05) is 30.6 Å². The van der Waals surface area contributed by atoms with Crippen molar-refractivity contribution in [1.82, 2.24) is 4.90 Å². The van der Waals surface area contributed by atoms with Crippen molar-refractivity contribution in [3.8, 4) is 5.75 Å². The van der Waals surface area contributed by atoms with Gasteiger partial charge >= 0.3 is 5.97 Å². The number of rotatable bonds is 7. The number of hydrogen-bond acceptors (Lipinski definition) is 3. The van der Waals surface area contributed by atoms with E-state index in [1.54, 1.807) is 61.5 Å². The number of halogens is 1. The van der Waals surface area contributed by atoms with Crippen LogP contribution in [0.25, 0.3) is 0 Å². The molecule has 2 aromatic rings. The van der Waals surface area contributed by atoms with E-state index in [1.807, 2.05) is 0 Å². The molecule has 2 rings (SSSR count). The third kappa shape index (κ3) is 4.97. The van der Waals surface area contributed by atoms with Gasteiger partial charge in [-0.2, -0.15) is 0 Å². The Hall–Kier alpha value is -2.53. The van der Waals surface area contributed by atoms with Gasteiger partial charge in [0.1, 0.15) is 5.75 Å².